The van der Waals surface area contributed by atoms with Gasteiger partial charge in [0, 0.05) is 16.5 Å². The summed E-state index contributed by atoms with van der Waals surface area (Å²) in [7, 11) is 0. The highest BCUT2D eigenvalue weighted by Crippen LogP contribution is 2.29. The Morgan fingerprint density at radius 3 is 2.50 bits per heavy atom. The van der Waals surface area contributed by atoms with Gasteiger partial charge in [0.25, 0.3) is 0 Å². The van der Waals surface area contributed by atoms with E-state index in [0.29, 0.717) is 16.5 Å². The number of aryl methyl sites for hydroxylation is 1. The number of aliphatic hydroxyl groups excluding tert-OH is 1. The van der Waals surface area contributed by atoms with Gasteiger partial charge in [0.2, 0.25) is 0 Å². The zero-order valence-corrected chi connectivity index (χ0v) is 11.5. The summed E-state index contributed by atoms with van der Waals surface area (Å²) in [5, 5.41) is 11.5. The van der Waals surface area contributed by atoms with Crippen molar-refractivity contribution in [2.75, 3.05) is 0 Å². The van der Waals surface area contributed by atoms with Gasteiger partial charge in [-0.2, -0.15) is 0 Å². The van der Waals surface area contributed by atoms with Gasteiger partial charge in [-0.3, -0.25) is 0 Å². The van der Waals surface area contributed by atoms with Crippen LogP contribution in [0.3, 0.4) is 0 Å². The molecule has 0 aliphatic heterocycles. The van der Waals surface area contributed by atoms with E-state index in [1.54, 1.807) is 0 Å². The van der Waals surface area contributed by atoms with E-state index in [1.807, 2.05) is 49.4 Å². The van der Waals surface area contributed by atoms with Crippen molar-refractivity contribution in [1.82, 2.24) is 0 Å². The van der Waals surface area contributed by atoms with Crippen molar-refractivity contribution in [3.8, 4) is 0 Å². The molecule has 0 aliphatic rings. The maximum Gasteiger partial charge on any atom is 0.0845 e. The van der Waals surface area contributed by atoms with Gasteiger partial charge in [0.1, 0.15) is 0 Å². The van der Waals surface area contributed by atoms with E-state index in [1.165, 1.54) is 0 Å². The molecule has 1 unspecified atom stereocenters. The number of rotatable bonds is 3. The van der Waals surface area contributed by atoms with Crippen molar-refractivity contribution >= 4 is 23.2 Å². The third-order valence-electron chi connectivity index (χ3n) is 2.95. The molecule has 2 aromatic carbocycles. The van der Waals surface area contributed by atoms with E-state index in [2.05, 4.69) is 0 Å². The third kappa shape index (κ3) is 2.86. The molecule has 0 spiro atoms. The molecule has 0 heterocycles. The number of hydrogen-bond acceptors (Lipinski definition) is 1. The summed E-state index contributed by atoms with van der Waals surface area (Å²) < 4.78 is 0. The van der Waals surface area contributed by atoms with Crippen molar-refractivity contribution in [1.29, 1.82) is 0 Å². The monoisotopic (exact) mass is 280 g/mol. The van der Waals surface area contributed by atoms with Crippen molar-refractivity contribution in [3.63, 3.8) is 0 Å². The highest BCUT2D eigenvalue weighted by molar-refractivity contribution is 6.32. The van der Waals surface area contributed by atoms with E-state index >= 15 is 0 Å². The third-order valence-corrected chi connectivity index (χ3v) is 3.84. The molecule has 0 saturated heterocycles. The van der Waals surface area contributed by atoms with E-state index < -0.39 is 6.10 Å². The first-order valence-corrected chi connectivity index (χ1v) is 6.51. The van der Waals surface area contributed by atoms with Gasteiger partial charge in [-0.25, -0.2) is 0 Å². The van der Waals surface area contributed by atoms with Crippen LogP contribution in [0.25, 0.3) is 0 Å². The van der Waals surface area contributed by atoms with Gasteiger partial charge in [-0.15, -0.1) is 0 Å². The predicted octanol–water partition coefficient (Wildman–Crippen LogP) is 4.58. The van der Waals surface area contributed by atoms with Crippen molar-refractivity contribution in [2.45, 2.75) is 19.4 Å². The number of benzene rings is 2. The Morgan fingerprint density at radius 2 is 1.78 bits per heavy atom. The molecule has 1 N–H and O–H groups in total. The molecule has 2 aromatic rings. The second-order valence-corrected chi connectivity index (χ2v) is 5.07. The van der Waals surface area contributed by atoms with Crippen LogP contribution in [-0.4, -0.2) is 5.11 Å². The van der Waals surface area contributed by atoms with Gasteiger partial charge in [-0.05, 0) is 29.7 Å². The van der Waals surface area contributed by atoms with Crippen LogP contribution in [0.15, 0.2) is 42.5 Å². The van der Waals surface area contributed by atoms with Crippen LogP contribution in [0.2, 0.25) is 10.0 Å². The first kappa shape index (κ1) is 13.4. The minimum atomic E-state index is -0.641. The van der Waals surface area contributed by atoms with E-state index in [4.69, 9.17) is 23.2 Å². The average Bonchev–Trinajstić information content (AvgIpc) is 2.35. The number of hydrogen-bond donors (Lipinski definition) is 1. The van der Waals surface area contributed by atoms with Crippen LogP contribution in [0.4, 0.5) is 0 Å². The summed E-state index contributed by atoms with van der Waals surface area (Å²) in [5.74, 6) is 0. The lowest BCUT2D eigenvalue weighted by Gasteiger charge is -2.14. The van der Waals surface area contributed by atoms with Crippen LogP contribution in [0.5, 0.6) is 0 Å². The molecule has 0 amide bonds. The Balaban J connectivity index is 2.25. The summed E-state index contributed by atoms with van der Waals surface area (Å²) in [4.78, 5) is 0. The normalized spacial score (nSPS) is 12.4. The SMILES string of the molecule is Cc1cccc(C(O)Cc2ccccc2Cl)c1Cl. The number of aliphatic hydroxyl groups is 1. The molecule has 1 nitrogen and oxygen atoms in total. The van der Waals surface area contributed by atoms with Crippen LogP contribution >= 0.6 is 23.2 Å². The van der Waals surface area contributed by atoms with Crippen LogP contribution in [-0.2, 0) is 6.42 Å². The minimum absolute atomic E-state index is 0.461. The zero-order chi connectivity index (χ0) is 13.1. The minimum Gasteiger partial charge on any atom is -0.388 e. The lowest BCUT2D eigenvalue weighted by molar-refractivity contribution is 0.178. The van der Waals surface area contributed by atoms with Crippen LogP contribution in [0.1, 0.15) is 22.8 Å². The first-order chi connectivity index (χ1) is 8.59. The molecule has 3 heteroatoms. The van der Waals surface area contributed by atoms with Crippen molar-refractivity contribution in [3.05, 3.63) is 69.2 Å². The van der Waals surface area contributed by atoms with Gasteiger partial charge in [0.15, 0.2) is 0 Å². The average molecular weight is 281 g/mol. The fraction of sp³-hybridized carbons (Fsp3) is 0.200. The van der Waals surface area contributed by atoms with Crippen molar-refractivity contribution in [2.24, 2.45) is 0 Å². The summed E-state index contributed by atoms with van der Waals surface area (Å²) in [6.45, 7) is 1.92. The topological polar surface area (TPSA) is 20.2 Å². The van der Waals surface area contributed by atoms with Gasteiger partial charge >= 0.3 is 0 Å². The second-order valence-electron chi connectivity index (χ2n) is 4.29. The summed E-state index contributed by atoms with van der Waals surface area (Å²) >= 11 is 12.3. The molecule has 0 aromatic heterocycles. The van der Waals surface area contributed by atoms with Gasteiger partial charge in [0.05, 0.1) is 6.10 Å². The van der Waals surface area contributed by atoms with Gasteiger partial charge < -0.3 is 5.11 Å². The standard InChI is InChI=1S/C15H14Cl2O/c1-10-5-4-7-12(15(10)17)14(18)9-11-6-2-3-8-13(11)16/h2-8,14,18H,9H2,1H3. The highest BCUT2D eigenvalue weighted by atomic mass is 35.5. The molecule has 0 saturated carbocycles. The molecule has 0 bridgehead atoms. The highest BCUT2D eigenvalue weighted by Gasteiger charge is 2.14. The lowest BCUT2D eigenvalue weighted by Crippen LogP contribution is -2.03. The van der Waals surface area contributed by atoms with E-state index in [0.717, 1.165) is 16.7 Å². The number of halogens is 2. The molecule has 2 rings (SSSR count). The summed E-state index contributed by atoms with van der Waals surface area (Å²) in [6.07, 6.45) is -0.180. The van der Waals surface area contributed by atoms with E-state index in [9.17, 15) is 5.11 Å². The van der Waals surface area contributed by atoms with E-state index in [-0.39, 0.29) is 0 Å². The molecular weight excluding hydrogens is 267 g/mol. The Hall–Kier alpha value is -1.02. The van der Waals surface area contributed by atoms with Crippen LogP contribution in [0, 0.1) is 6.92 Å². The first-order valence-electron chi connectivity index (χ1n) is 5.76. The quantitative estimate of drug-likeness (QED) is 0.873. The maximum absolute atomic E-state index is 10.3. The molecule has 0 radical (unpaired) electrons. The second kappa shape index (κ2) is 5.75. The molecule has 1 atom stereocenters. The zero-order valence-electron chi connectivity index (χ0n) is 10.0. The predicted molar refractivity (Wildman–Crippen MR) is 76.3 cm³/mol. The molecule has 0 fully saturated rings. The fourth-order valence-electron chi connectivity index (χ4n) is 1.91. The fourth-order valence-corrected chi connectivity index (χ4v) is 2.37. The summed E-state index contributed by atoms with van der Waals surface area (Å²) in [5.41, 5.74) is 2.63. The largest absolute Gasteiger partial charge is 0.388 e. The Bertz CT molecular complexity index is 552. The lowest BCUT2D eigenvalue weighted by atomic mass is 10.00. The maximum atomic E-state index is 10.3. The van der Waals surface area contributed by atoms with Gasteiger partial charge in [-0.1, -0.05) is 59.6 Å². The summed E-state index contributed by atoms with van der Waals surface area (Å²) in [6, 6.07) is 13.2. The van der Waals surface area contributed by atoms with Crippen LogP contribution < -0.4 is 0 Å². The molecule has 18 heavy (non-hydrogen) atoms. The molecule has 94 valence electrons. The smallest absolute Gasteiger partial charge is 0.0845 e. The van der Waals surface area contributed by atoms with Crippen molar-refractivity contribution < 1.29 is 5.11 Å². The molecule has 0 aliphatic carbocycles. The Labute approximate surface area is 117 Å². The Morgan fingerprint density at radius 1 is 1.06 bits per heavy atom. The molecular formula is C15H14Cl2O. The Kier molecular flexibility index (Phi) is 4.28.